The van der Waals surface area contributed by atoms with Crippen LogP contribution >= 0.6 is 15.9 Å². The van der Waals surface area contributed by atoms with Crippen molar-refractivity contribution in [1.82, 2.24) is 10.3 Å². The van der Waals surface area contributed by atoms with Crippen LogP contribution in [-0.2, 0) is 6.54 Å². The van der Waals surface area contributed by atoms with Crippen LogP contribution in [0.2, 0.25) is 0 Å². The van der Waals surface area contributed by atoms with Gasteiger partial charge in [-0.3, -0.25) is 9.78 Å². The first kappa shape index (κ1) is 12.8. The van der Waals surface area contributed by atoms with Crippen LogP contribution in [0, 0.1) is 6.92 Å². The van der Waals surface area contributed by atoms with E-state index >= 15 is 0 Å². The zero-order valence-corrected chi connectivity index (χ0v) is 11.6. The number of halogens is 1. The largest absolute Gasteiger partial charge is 0.348 e. The molecule has 0 aliphatic heterocycles. The highest BCUT2D eigenvalue weighted by atomic mass is 79.9. The number of aromatic nitrogens is 1. The van der Waals surface area contributed by atoms with E-state index in [1.165, 1.54) is 0 Å². The Morgan fingerprint density at radius 1 is 1.39 bits per heavy atom. The van der Waals surface area contributed by atoms with Crippen LogP contribution in [0.25, 0.3) is 0 Å². The zero-order valence-electron chi connectivity index (χ0n) is 9.98. The second-order valence-corrected chi connectivity index (χ2v) is 4.86. The highest BCUT2D eigenvalue weighted by Gasteiger charge is 2.06. The van der Waals surface area contributed by atoms with E-state index in [9.17, 15) is 4.79 Å². The second kappa shape index (κ2) is 5.78. The standard InChI is InChI=1S/C14H13BrN2O/c1-10-4-5-12(7-13(10)15)14(18)17-9-11-3-2-6-16-8-11/h2-8H,9H2,1H3,(H,17,18). The van der Waals surface area contributed by atoms with Crippen molar-refractivity contribution in [2.24, 2.45) is 0 Å². The van der Waals surface area contributed by atoms with Gasteiger partial charge in [0, 0.05) is 29.0 Å². The molecule has 92 valence electrons. The van der Waals surface area contributed by atoms with Gasteiger partial charge in [-0.25, -0.2) is 0 Å². The molecule has 0 unspecified atom stereocenters. The molecule has 4 heteroatoms. The fourth-order valence-electron chi connectivity index (χ4n) is 1.52. The summed E-state index contributed by atoms with van der Waals surface area (Å²) in [6.07, 6.45) is 3.45. The van der Waals surface area contributed by atoms with Crippen molar-refractivity contribution in [2.45, 2.75) is 13.5 Å². The summed E-state index contributed by atoms with van der Waals surface area (Å²) in [5.41, 5.74) is 2.74. The summed E-state index contributed by atoms with van der Waals surface area (Å²) >= 11 is 3.42. The van der Waals surface area contributed by atoms with Gasteiger partial charge in [0.2, 0.25) is 0 Å². The predicted octanol–water partition coefficient (Wildman–Crippen LogP) is 3.08. The molecule has 0 saturated heterocycles. The smallest absolute Gasteiger partial charge is 0.251 e. The number of benzene rings is 1. The third-order valence-electron chi connectivity index (χ3n) is 2.61. The molecule has 0 bridgehead atoms. The summed E-state index contributed by atoms with van der Waals surface area (Å²) < 4.78 is 0.941. The second-order valence-electron chi connectivity index (χ2n) is 4.01. The summed E-state index contributed by atoms with van der Waals surface area (Å²) in [5, 5.41) is 2.86. The molecule has 1 aromatic heterocycles. The van der Waals surface area contributed by atoms with Crippen LogP contribution in [0.4, 0.5) is 0 Å². The van der Waals surface area contributed by atoms with Crippen molar-refractivity contribution in [3.05, 3.63) is 63.9 Å². The van der Waals surface area contributed by atoms with Gasteiger partial charge in [0.1, 0.15) is 0 Å². The molecule has 0 aliphatic rings. The monoisotopic (exact) mass is 304 g/mol. The maximum atomic E-state index is 11.9. The molecule has 0 aliphatic carbocycles. The molecule has 0 atom stereocenters. The van der Waals surface area contributed by atoms with Gasteiger partial charge in [0.25, 0.3) is 5.91 Å². The Morgan fingerprint density at radius 2 is 2.22 bits per heavy atom. The first-order valence-electron chi connectivity index (χ1n) is 5.60. The number of nitrogens with one attached hydrogen (secondary N) is 1. The summed E-state index contributed by atoms with van der Waals surface area (Å²) in [6.45, 7) is 2.47. The van der Waals surface area contributed by atoms with E-state index in [4.69, 9.17) is 0 Å². The zero-order chi connectivity index (χ0) is 13.0. The summed E-state index contributed by atoms with van der Waals surface area (Å²) in [6, 6.07) is 9.35. The van der Waals surface area contributed by atoms with Crippen molar-refractivity contribution in [3.8, 4) is 0 Å². The molecular weight excluding hydrogens is 292 g/mol. The summed E-state index contributed by atoms with van der Waals surface area (Å²) in [4.78, 5) is 15.9. The molecule has 0 radical (unpaired) electrons. The van der Waals surface area contributed by atoms with Gasteiger partial charge in [-0.2, -0.15) is 0 Å². The van der Waals surface area contributed by atoms with E-state index in [0.29, 0.717) is 12.1 Å². The maximum absolute atomic E-state index is 11.9. The Morgan fingerprint density at radius 3 is 2.89 bits per heavy atom. The Balaban J connectivity index is 2.02. The number of nitrogens with zero attached hydrogens (tertiary/aromatic N) is 1. The number of aryl methyl sites for hydroxylation is 1. The van der Waals surface area contributed by atoms with Crippen LogP contribution in [0.1, 0.15) is 21.5 Å². The van der Waals surface area contributed by atoms with Crippen LogP contribution in [0.15, 0.2) is 47.2 Å². The topological polar surface area (TPSA) is 42.0 Å². The predicted molar refractivity (Wildman–Crippen MR) is 74.3 cm³/mol. The minimum absolute atomic E-state index is 0.0837. The maximum Gasteiger partial charge on any atom is 0.251 e. The Kier molecular flexibility index (Phi) is 4.10. The van der Waals surface area contributed by atoms with Gasteiger partial charge >= 0.3 is 0 Å². The summed E-state index contributed by atoms with van der Waals surface area (Å²) in [7, 11) is 0. The van der Waals surface area contributed by atoms with Gasteiger partial charge in [-0.05, 0) is 36.2 Å². The average Bonchev–Trinajstić information content (AvgIpc) is 2.40. The lowest BCUT2D eigenvalue weighted by Gasteiger charge is -2.06. The number of carbonyl (C=O) groups excluding carboxylic acids is 1. The molecular formula is C14H13BrN2O. The van der Waals surface area contributed by atoms with Gasteiger partial charge in [-0.15, -0.1) is 0 Å². The molecule has 0 fully saturated rings. The van der Waals surface area contributed by atoms with Crippen LogP contribution in [-0.4, -0.2) is 10.9 Å². The SMILES string of the molecule is Cc1ccc(C(=O)NCc2cccnc2)cc1Br. The van der Waals surface area contributed by atoms with Crippen molar-refractivity contribution in [1.29, 1.82) is 0 Å². The lowest BCUT2D eigenvalue weighted by Crippen LogP contribution is -2.22. The minimum Gasteiger partial charge on any atom is -0.348 e. The van der Waals surface area contributed by atoms with E-state index in [0.717, 1.165) is 15.6 Å². The Hall–Kier alpha value is -1.68. The molecule has 2 rings (SSSR count). The summed E-state index contributed by atoms with van der Waals surface area (Å²) in [5.74, 6) is -0.0837. The molecule has 1 aromatic carbocycles. The molecule has 0 spiro atoms. The molecule has 1 amide bonds. The van der Waals surface area contributed by atoms with Crippen LogP contribution < -0.4 is 5.32 Å². The quantitative estimate of drug-likeness (QED) is 0.947. The fourth-order valence-corrected chi connectivity index (χ4v) is 1.90. The molecule has 2 aromatic rings. The van der Waals surface area contributed by atoms with Gasteiger partial charge < -0.3 is 5.32 Å². The third-order valence-corrected chi connectivity index (χ3v) is 3.46. The number of hydrogen-bond donors (Lipinski definition) is 1. The molecule has 3 nitrogen and oxygen atoms in total. The van der Waals surface area contributed by atoms with Crippen molar-refractivity contribution in [2.75, 3.05) is 0 Å². The highest BCUT2D eigenvalue weighted by molar-refractivity contribution is 9.10. The van der Waals surface area contributed by atoms with Gasteiger partial charge in [-0.1, -0.05) is 28.1 Å². The fraction of sp³-hybridized carbons (Fsp3) is 0.143. The van der Waals surface area contributed by atoms with Crippen molar-refractivity contribution in [3.63, 3.8) is 0 Å². The normalized spacial score (nSPS) is 10.1. The Labute approximate surface area is 114 Å². The van der Waals surface area contributed by atoms with E-state index in [2.05, 4.69) is 26.2 Å². The highest BCUT2D eigenvalue weighted by Crippen LogP contribution is 2.17. The van der Waals surface area contributed by atoms with E-state index < -0.39 is 0 Å². The van der Waals surface area contributed by atoms with Crippen molar-refractivity contribution < 1.29 is 4.79 Å². The van der Waals surface area contributed by atoms with E-state index in [1.807, 2.05) is 37.3 Å². The first-order chi connectivity index (χ1) is 8.66. The first-order valence-corrected chi connectivity index (χ1v) is 6.39. The van der Waals surface area contributed by atoms with E-state index in [-0.39, 0.29) is 5.91 Å². The molecule has 0 saturated carbocycles. The minimum atomic E-state index is -0.0837. The number of amides is 1. The number of rotatable bonds is 3. The van der Waals surface area contributed by atoms with Gasteiger partial charge in [0.15, 0.2) is 0 Å². The average molecular weight is 305 g/mol. The third kappa shape index (κ3) is 3.17. The van der Waals surface area contributed by atoms with Crippen molar-refractivity contribution >= 4 is 21.8 Å². The van der Waals surface area contributed by atoms with E-state index in [1.54, 1.807) is 12.4 Å². The van der Waals surface area contributed by atoms with Gasteiger partial charge in [0.05, 0.1) is 0 Å². The lowest BCUT2D eigenvalue weighted by molar-refractivity contribution is 0.0951. The molecule has 1 heterocycles. The van der Waals surface area contributed by atoms with Crippen LogP contribution in [0.5, 0.6) is 0 Å². The Bertz CT molecular complexity index is 555. The van der Waals surface area contributed by atoms with Crippen LogP contribution in [0.3, 0.4) is 0 Å². The molecule has 1 N–H and O–H groups in total. The number of carbonyl (C=O) groups is 1. The number of hydrogen-bond acceptors (Lipinski definition) is 2. The number of pyridine rings is 1. The molecule has 18 heavy (non-hydrogen) atoms. The lowest BCUT2D eigenvalue weighted by atomic mass is 10.1.